The molecule has 0 aliphatic carbocycles. The molecule has 9 heteroatoms. The number of hydrogen-bond donors (Lipinski definition) is 0. The zero-order valence-electron chi connectivity index (χ0n) is 21.6. The van der Waals surface area contributed by atoms with Crippen LogP contribution in [0.15, 0.2) is 90.1 Å². The van der Waals surface area contributed by atoms with Gasteiger partial charge in [0.2, 0.25) is 4.96 Å². The zero-order valence-corrected chi connectivity index (χ0v) is 22.4. The average molecular weight is 535 g/mol. The van der Waals surface area contributed by atoms with E-state index in [1.807, 2.05) is 83.7 Å². The molecule has 0 fully saturated rings. The van der Waals surface area contributed by atoms with Crippen LogP contribution in [-0.4, -0.2) is 36.0 Å². The third-order valence-corrected chi connectivity index (χ3v) is 7.22. The molecule has 0 atom stereocenters. The zero-order chi connectivity index (χ0) is 26.8. The van der Waals surface area contributed by atoms with E-state index in [1.54, 1.807) is 12.4 Å². The van der Waals surface area contributed by atoms with Crippen LogP contribution in [0, 0.1) is 5.92 Å². The number of aromatic nitrogens is 6. The molecule has 0 unspecified atom stereocenters. The van der Waals surface area contributed by atoms with Crippen LogP contribution < -0.4 is 14.8 Å². The summed E-state index contributed by atoms with van der Waals surface area (Å²) < 4.78 is 9.62. The second-order valence-electron chi connectivity index (χ2n) is 9.55. The number of pyridine rings is 1. The molecule has 39 heavy (non-hydrogen) atoms. The van der Waals surface area contributed by atoms with E-state index < -0.39 is 0 Å². The lowest BCUT2D eigenvalue weighted by atomic mass is 10.1. The highest BCUT2D eigenvalue weighted by Crippen LogP contribution is 2.27. The first-order valence-corrected chi connectivity index (χ1v) is 13.6. The summed E-state index contributed by atoms with van der Waals surface area (Å²) in [6, 6.07) is 21.5. The lowest BCUT2D eigenvalue weighted by molar-refractivity contribution is 0.289. The molecular formula is C30H26N6O2S. The predicted octanol–water partition coefficient (Wildman–Crippen LogP) is 5.04. The highest BCUT2D eigenvalue weighted by molar-refractivity contribution is 7.15. The highest BCUT2D eigenvalue weighted by atomic mass is 32.1. The van der Waals surface area contributed by atoms with Crippen LogP contribution in [0.2, 0.25) is 0 Å². The normalized spacial score (nSPS) is 12.0. The molecule has 0 spiro atoms. The first kappa shape index (κ1) is 24.7. The predicted molar refractivity (Wildman–Crippen MR) is 153 cm³/mol. The maximum atomic E-state index is 13.3. The Balaban J connectivity index is 1.39. The van der Waals surface area contributed by atoms with E-state index in [-0.39, 0.29) is 5.56 Å². The van der Waals surface area contributed by atoms with Crippen LogP contribution in [0.3, 0.4) is 0 Å². The van der Waals surface area contributed by atoms with Crippen molar-refractivity contribution in [1.82, 2.24) is 29.4 Å². The largest absolute Gasteiger partial charge is 0.494 e. The molecule has 0 saturated carbocycles. The second kappa shape index (κ2) is 10.6. The van der Waals surface area contributed by atoms with Gasteiger partial charge < -0.3 is 4.74 Å². The summed E-state index contributed by atoms with van der Waals surface area (Å²) in [6.45, 7) is 5.05. The number of para-hydroxylation sites is 1. The number of nitrogens with zero attached hydrogens (tertiary/aromatic N) is 6. The van der Waals surface area contributed by atoms with Crippen LogP contribution in [-0.2, 0) is 0 Å². The maximum absolute atomic E-state index is 13.3. The molecule has 8 nitrogen and oxygen atoms in total. The first-order chi connectivity index (χ1) is 19.0. The van der Waals surface area contributed by atoms with Gasteiger partial charge in [-0.2, -0.15) is 14.6 Å². The Hall–Kier alpha value is -4.63. The quantitative estimate of drug-likeness (QED) is 0.272. The summed E-state index contributed by atoms with van der Waals surface area (Å²) in [6.07, 6.45) is 8.17. The van der Waals surface area contributed by atoms with E-state index in [0.717, 1.165) is 40.2 Å². The molecule has 6 aromatic rings. The lowest BCUT2D eigenvalue weighted by Gasteiger charge is -2.08. The lowest BCUT2D eigenvalue weighted by Crippen LogP contribution is -2.23. The van der Waals surface area contributed by atoms with Crippen molar-refractivity contribution in [2.75, 3.05) is 6.61 Å². The number of ether oxygens (including phenoxy) is 1. The monoisotopic (exact) mass is 534 g/mol. The number of hydrogen-bond acceptors (Lipinski definition) is 7. The van der Waals surface area contributed by atoms with Gasteiger partial charge in [-0.15, -0.1) is 5.10 Å². The Morgan fingerprint density at radius 3 is 2.44 bits per heavy atom. The van der Waals surface area contributed by atoms with Crippen LogP contribution in [0.25, 0.3) is 39.4 Å². The minimum Gasteiger partial charge on any atom is -0.494 e. The Morgan fingerprint density at radius 2 is 1.72 bits per heavy atom. The van der Waals surface area contributed by atoms with Crippen molar-refractivity contribution in [3.8, 4) is 34.1 Å². The standard InChI is InChI=1S/C30H26N6O2S/c1-20(2)14-17-38-25-10-8-21(9-11-25)27-23(19-35(33-27)24-6-4-3-5-7-24)18-26-29(37)36-30(39-26)32-28(34-36)22-12-15-31-16-13-22/h3-13,15-16,18-20H,14,17H2,1-2H3/b26-18-. The second-order valence-corrected chi connectivity index (χ2v) is 10.6. The topological polar surface area (TPSA) is 87.2 Å². The fourth-order valence-electron chi connectivity index (χ4n) is 4.15. The number of rotatable bonds is 8. The first-order valence-electron chi connectivity index (χ1n) is 12.8. The van der Waals surface area contributed by atoms with Crippen LogP contribution in [0.1, 0.15) is 25.8 Å². The van der Waals surface area contributed by atoms with E-state index in [1.165, 1.54) is 15.9 Å². The van der Waals surface area contributed by atoms with Gasteiger partial charge in [0.15, 0.2) is 5.82 Å². The minimum atomic E-state index is -0.213. The smallest absolute Gasteiger partial charge is 0.291 e. The van der Waals surface area contributed by atoms with Crippen molar-refractivity contribution in [3.63, 3.8) is 0 Å². The summed E-state index contributed by atoms with van der Waals surface area (Å²) in [7, 11) is 0. The molecule has 4 heterocycles. The van der Waals surface area contributed by atoms with Gasteiger partial charge >= 0.3 is 0 Å². The molecule has 0 bridgehead atoms. The Kier molecular flexibility index (Phi) is 6.73. The third-order valence-electron chi connectivity index (χ3n) is 6.26. The van der Waals surface area contributed by atoms with Gasteiger partial charge in [0, 0.05) is 35.3 Å². The van der Waals surface area contributed by atoms with E-state index in [2.05, 4.69) is 28.9 Å². The highest BCUT2D eigenvalue weighted by Gasteiger charge is 2.15. The van der Waals surface area contributed by atoms with Crippen molar-refractivity contribution in [2.45, 2.75) is 20.3 Å². The van der Waals surface area contributed by atoms with Gasteiger partial charge in [-0.05, 0) is 66.9 Å². The van der Waals surface area contributed by atoms with E-state index in [4.69, 9.17) is 9.84 Å². The number of benzene rings is 2. The van der Waals surface area contributed by atoms with E-state index in [0.29, 0.717) is 27.8 Å². The van der Waals surface area contributed by atoms with Crippen LogP contribution in [0.5, 0.6) is 5.75 Å². The molecule has 0 aliphatic heterocycles. The summed E-state index contributed by atoms with van der Waals surface area (Å²) in [5, 5.41) is 9.33. The molecule has 0 N–H and O–H groups in total. The van der Waals surface area contributed by atoms with Crippen LogP contribution in [0.4, 0.5) is 0 Å². The molecule has 6 rings (SSSR count). The minimum absolute atomic E-state index is 0.213. The van der Waals surface area contributed by atoms with Gasteiger partial charge in [-0.1, -0.05) is 43.4 Å². The fourth-order valence-corrected chi connectivity index (χ4v) is 5.05. The molecule has 194 valence electrons. The van der Waals surface area contributed by atoms with Crippen molar-refractivity contribution in [1.29, 1.82) is 0 Å². The third kappa shape index (κ3) is 5.21. The van der Waals surface area contributed by atoms with Crippen molar-refractivity contribution in [2.24, 2.45) is 5.92 Å². The molecule has 0 radical (unpaired) electrons. The average Bonchev–Trinajstić information content (AvgIpc) is 3.65. The molecule has 0 amide bonds. The van der Waals surface area contributed by atoms with Crippen LogP contribution >= 0.6 is 11.3 Å². The Morgan fingerprint density at radius 1 is 0.949 bits per heavy atom. The Labute approximate surface area is 228 Å². The summed E-state index contributed by atoms with van der Waals surface area (Å²) >= 11 is 1.31. The van der Waals surface area contributed by atoms with Gasteiger partial charge in [0.1, 0.15) is 11.4 Å². The van der Waals surface area contributed by atoms with Gasteiger partial charge in [-0.25, -0.2) is 4.68 Å². The molecule has 0 aliphatic rings. The van der Waals surface area contributed by atoms with E-state index >= 15 is 0 Å². The summed E-state index contributed by atoms with van der Waals surface area (Å²) in [5.74, 6) is 1.91. The van der Waals surface area contributed by atoms with Gasteiger partial charge in [-0.3, -0.25) is 9.78 Å². The number of fused-ring (bicyclic) bond motifs is 1. The summed E-state index contributed by atoms with van der Waals surface area (Å²) in [5.41, 5.74) is 4.05. The van der Waals surface area contributed by atoms with E-state index in [9.17, 15) is 4.79 Å². The Bertz CT molecular complexity index is 1820. The molecular weight excluding hydrogens is 508 g/mol. The molecule has 4 aromatic heterocycles. The van der Waals surface area contributed by atoms with Gasteiger partial charge in [0.25, 0.3) is 5.56 Å². The SMILES string of the molecule is CC(C)CCOc1ccc(-c2nn(-c3ccccc3)cc2/C=c2\sc3nc(-c4ccncc4)nn3c2=O)cc1. The fraction of sp³-hybridized carbons (Fsp3) is 0.167. The van der Waals surface area contributed by atoms with Gasteiger partial charge in [0.05, 0.1) is 16.8 Å². The number of thiazole rings is 1. The maximum Gasteiger partial charge on any atom is 0.291 e. The van der Waals surface area contributed by atoms with Crippen molar-refractivity contribution >= 4 is 22.4 Å². The molecule has 2 aromatic carbocycles. The molecule has 0 saturated heterocycles. The van der Waals surface area contributed by atoms with Crippen molar-refractivity contribution < 1.29 is 4.74 Å². The van der Waals surface area contributed by atoms with Crippen molar-refractivity contribution in [3.05, 3.63) is 106 Å². The summed E-state index contributed by atoms with van der Waals surface area (Å²) in [4.78, 5) is 22.4.